The summed E-state index contributed by atoms with van der Waals surface area (Å²) in [5.74, 6) is 0.734. The molecule has 0 spiro atoms. The number of hydrogen-bond acceptors (Lipinski definition) is 3. The minimum Gasteiger partial charge on any atom is -0.494 e. The molecular formula is C16H18N2O2S. The molecule has 1 aromatic carbocycles. The molecule has 0 saturated heterocycles. The predicted octanol–water partition coefficient (Wildman–Crippen LogP) is 2.26. The van der Waals surface area contributed by atoms with Gasteiger partial charge in [0, 0.05) is 23.9 Å². The van der Waals surface area contributed by atoms with Crippen LogP contribution < -0.4 is 16.0 Å². The van der Waals surface area contributed by atoms with E-state index in [0.29, 0.717) is 18.1 Å². The van der Waals surface area contributed by atoms with E-state index in [-0.39, 0.29) is 5.56 Å². The van der Waals surface area contributed by atoms with Gasteiger partial charge in [-0.2, -0.15) is 0 Å². The normalized spacial score (nSPS) is 10.3. The lowest BCUT2D eigenvalue weighted by Crippen LogP contribution is -2.21. The molecule has 0 amide bonds. The molecule has 0 aliphatic rings. The second-order valence-electron chi connectivity index (χ2n) is 4.75. The van der Waals surface area contributed by atoms with Gasteiger partial charge in [0.25, 0.3) is 5.56 Å². The molecule has 0 bridgehead atoms. The summed E-state index contributed by atoms with van der Waals surface area (Å²) in [5.41, 5.74) is 7.35. The topological polar surface area (TPSA) is 57.2 Å². The predicted molar refractivity (Wildman–Crippen MR) is 87.9 cm³/mol. The second kappa shape index (κ2) is 7.04. The average Bonchev–Trinajstić information content (AvgIpc) is 2.46. The van der Waals surface area contributed by atoms with Crippen molar-refractivity contribution in [3.8, 4) is 5.75 Å². The lowest BCUT2D eigenvalue weighted by Gasteiger charge is -2.10. The van der Waals surface area contributed by atoms with Gasteiger partial charge in [-0.3, -0.25) is 4.79 Å². The van der Waals surface area contributed by atoms with Gasteiger partial charge in [-0.05, 0) is 31.5 Å². The summed E-state index contributed by atoms with van der Waals surface area (Å²) in [7, 11) is 0. The summed E-state index contributed by atoms with van der Waals surface area (Å²) in [6.07, 6.45) is 0.752. The summed E-state index contributed by atoms with van der Waals surface area (Å²) < 4.78 is 7.41. The Balaban J connectivity index is 1.89. The average molecular weight is 302 g/mol. The van der Waals surface area contributed by atoms with E-state index < -0.39 is 0 Å². The van der Waals surface area contributed by atoms with Crippen molar-refractivity contribution < 1.29 is 4.74 Å². The number of rotatable bonds is 6. The molecule has 1 heterocycles. The van der Waals surface area contributed by atoms with Crippen molar-refractivity contribution in [2.24, 2.45) is 5.73 Å². The van der Waals surface area contributed by atoms with Crippen LogP contribution in [0.2, 0.25) is 0 Å². The van der Waals surface area contributed by atoms with Gasteiger partial charge in [-0.15, -0.1) is 0 Å². The van der Waals surface area contributed by atoms with Gasteiger partial charge in [-0.1, -0.05) is 30.4 Å². The van der Waals surface area contributed by atoms with Crippen molar-refractivity contribution in [1.29, 1.82) is 0 Å². The van der Waals surface area contributed by atoms with Crippen molar-refractivity contribution in [1.82, 2.24) is 4.57 Å². The van der Waals surface area contributed by atoms with Crippen molar-refractivity contribution in [3.63, 3.8) is 0 Å². The van der Waals surface area contributed by atoms with Gasteiger partial charge in [0.05, 0.1) is 6.61 Å². The standard InChI is InChI=1S/C16H18N2O2S/c1-12-5-2-8-15(19)18(12)9-4-10-20-14-7-3-6-13(11-14)16(17)21/h2-3,5-8,11H,4,9-10H2,1H3,(H2,17,21). The van der Waals surface area contributed by atoms with Crippen LogP contribution in [0, 0.1) is 6.92 Å². The van der Waals surface area contributed by atoms with Crippen LogP contribution in [0.1, 0.15) is 17.7 Å². The highest BCUT2D eigenvalue weighted by Crippen LogP contribution is 2.13. The lowest BCUT2D eigenvalue weighted by atomic mass is 10.2. The molecule has 21 heavy (non-hydrogen) atoms. The smallest absolute Gasteiger partial charge is 0.250 e. The fraction of sp³-hybridized carbons (Fsp3) is 0.250. The zero-order valence-electron chi connectivity index (χ0n) is 11.9. The van der Waals surface area contributed by atoms with Crippen LogP contribution in [0.4, 0.5) is 0 Å². The molecule has 0 aliphatic carbocycles. The molecule has 2 N–H and O–H groups in total. The zero-order valence-corrected chi connectivity index (χ0v) is 12.7. The van der Waals surface area contributed by atoms with Crippen LogP contribution in [0.25, 0.3) is 0 Å². The molecule has 0 atom stereocenters. The lowest BCUT2D eigenvalue weighted by molar-refractivity contribution is 0.300. The quantitative estimate of drug-likeness (QED) is 0.657. The highest BCUT2D eigenvalue weighted by Gasteiger charge is 2.01. The number of pyridine rings is 1. The first-order chi connectivity index (χ1) is 10.1. The van der Waals surface area contributed by atoms with Crippen LogP contribution in [0.3, 0.4) is 0 Å². The number of aromatic nitrogens is 1. The van der Waals surface area contributed by atoms with Crippen LogP contribution in [0.5, 0.6) is 5.75 Å². The van der Waals surface area contributed by atoms with Crippen LogP contribution in [0.15, 0.2) is 47.3 Å². The first kappa shape index (κ1) is 15.3. The number of benzene rings is 1. The Morgan fingerprint density at radius 1 is 1.29 bits per heavy atom. The Bertz CT molecular complexity index is 695. The van der Waals surface area contributed by atoms with E-state index in [1.54, 1.807) is 16.7 Å². The molecule has 110 valence electrons. The number of hydrogen-bond donors (Lipinski definition) is 1. The van der Waals surface area contributed by atoms with Gasteiger partial charge in [0.2, 0.25) is 0 Å². The monoisotopic (exact) mass is 302 g/mol. The van der Waals surface area contributed by atoms with Crippen molar-refractivity contribution in [2.75, 3.05) is 6.61 Å². The van der Waals surface area contributed by atoms with E-state index in [1.165, 1.54) is 0 Å². The van der Waals surface area contributed by atoms with Crippen LogP contribution in [-0.2, 0) is 6.54 Å². The maximum Gasteiger partial charge on any atom is 0.250 e. The molecule has 2 aromatic rings. The Kier molecular flexibility index (Phi) is 5.11. The number of nitrogens with two attached hydrogens (primary N) is 1. The Morgan fingerprint density at radius 3 is 2.76 bits per heavy atom. The van der Waals surface area contributed by atoms with Gasteiger partial charge >= 0.3 is 0 Å². The minimum absolute atomic E-state index is 0.0190. The van der Waals surface area contributed by atoms with Gasteiger partial charge in [0.15, 0.2) is 0 Å². The third-order valence-electron chi connectivity index (χ3n) is 3.18. The molecule has 0 aliphatic heterocycles. The SMILES string of the molecule is Cc1cccc(=O)n1CCCOc1cccc(C(N)=S)c1. The Labute approximate surface area is 129 Å². The maximum atomic E-state index is 11.7. The van der Waals surface area contributed by atoms with E-state index in [1.807, 2.05) is 37.3 Å². The van der Waals surface area contributed by atoms with E-state index in [0.717, 1.165) is 23.4 Å². The van der Waals surface area contributed by atoms with Crippen LogP contribution in [-0.4, -0.2) is 16.2 Å². The van der Waals surface area contributed by atoms with E-state index in [9.17, 15) is 4.79 Å². The molecule has 5 heteroatoms. The molecule has 2 rings (SSSR count). The molecule has 0 fully saturated rings. The highest BCUT2D eigenvalue weighted by molar-refractivity contribution is 7.80. The second-order valence-corrected chi connectivity index (χ2v) is 5.19. The molecule has 0 radical (unpaired) electrons. The number of ether oxygens (including phenoxy) is 1. The fourth-order valence-electron chi connectivity index (χ4n) is 2.06. The minimum atomic E-state index is 0.0190. The third kappa shape index (κ3) is 4.16. The number of aryl methyl sites for hydroxylation is 1. The summed E-state index contributed by atoms with van der Waals surface area (Å²) in [5, 5.41) is 0. The Morgan fingerprint density at radius 2 is 2.05 bits per heavy atom. The highest BCUT2D eigenvalue weighted by atomic mass is 32.1. The van der Waals surface area contributed by atoms with Gasteiger partial charge < -0.3 is 15.0 Å². The van der Waals surface area contributed by atoms with E-state index in [2.05, 4.69) is 0 Å². The summed E-state index contributed by atoms with van der Waals surface area (Å²) in [4.78, 5) is 12.1. The van der Waals surface area contributed by atoms with Gasteiger partial charge in [-0.25, -0.2) is 0 Å². The third-order valence-corrected chi connectivity index (χ3v) is 3.42. The maximum absolute atomic E-state index is 11.7. The van der Waals surface area contributed by atoms with E-state index >= 15 is 0 Å². The molecule has 0 saturated carbocycles. The van der Waals surface area contributed by atoms with Crippen molar-refractivity contribution in [3.05, 3.63) is 64.1 Å². The van der Waals surface area contributed by atoms with Crippen LogP contribution >= 0.6 is 12.2 Å². The summed E-state index contributed by atoms with van der Waals surface area (Å²) >= 11 is 4.93. The molecular weight excluding hydrogens is 284 g/mol. The number of nitrogens with zero attached hydrogens (tertiary/aromatic N) is 1. The largest absolute Gasteiger partial charge is 0.494 e. The first-order valence-electron chi connectivity index (χ1n) is 6.77. The zero-order chi connectivity index (χ0) is 15.2. The summed E-state index contributed by atoms with van der Waals surface area (Å²) in [6.45, 7) is 3.09. The van der Waals surface area contributed by atoms with Crippen molar-refractivity contribution in [2.45, 2.75) is 19.9 Å². The molecule has 0 unspecified atom stereocenters. The first-order valence-corrected chi connectivity index (χ1v) is 7.18. The fourth-order valence-corrected chi connectivity index (χ4v) is 2.19. The van der Waals surface area contributed by atoms with E-state index in [4.69, 9.17) is 22.7 Å². The van der Waals surface area contributed by atoms with Crippen molar-refractivity contribution >= 4 is 17.2 Å². The molecule has 4 nitrogen and oxygen atoms in total. The molecule has 1 aromatic heterocycles. The summed E-state index contributed by atoms with van der Waals surface area (Å²) in [6, 6.07) is 12.7. The van der Waals surface area contributed by atoms with Gasteiger partial charge in [0.1, 0.15) is 10.7 Å². The Hall–Kier alpha value is -2.14. The number of thiocarbonyl (C=S) groups is 1.